The molecule has 7 nitrogen and oxygen atoms in total. The zero-order valence-electron chi connectivity index (χ0n) is 15.5. The maximum Gasteiger partial charge on any atom is 0.228 e. The first-order valence-corrected chi connectivity index (χ1v) is 9.51. The monoisotopic (exact) mass is 396 g/mol. The molecule has 144 valence electrons. The largest absolute Gasteiger partial charge is 0.369 e. The summed E-state index contributed by atoms with van der Waals surface area (Å²) >= 11 is 6.32. The average Bonchev–Trinajstić information content (AvgIpc) is 3.40. The number of aromatic nitrogens is 4. The number of carbonyl (C=O) groups excluding carboxylic acids is 1. The van der Waals surface area contributed by atoms with Crippen molar-refractivity contribution in [2.75, 3.05) is 5.32 Å². The molecule has 28 heavy (non-hydrogen) atoms. The quantitative estimate of drug-likeness (QED) is 0.639. The Morgan fingerprint density at radius 1 is 1.29 bits per heavy atom. The van der Waals surface area contributed by atoms with Crippen LogP contribution in [-0.4, -0.2) is 25.7 Å². The Bertz CT molecular complexity index is 1030. The van der Waals surface area contributed by atoms with Crippen LogP contribution >= 0.6 is 11.6 Å². The highest BCUT2D eigenvalue weighted by molar-refractivity contribution is 6.31. The molecule has 1 aliphatic rings. The summed E-state index contributed by atoms with van der Waals surface area (Å²) in [4.78, 5) is 20.7. The number of hydrogen-bond acceptors (Lipinski definition) is 5. The minimum atomic E-state index is -0.501. The number of amides is 1. The minimum absolute atomic E-state index is 0.247. The number of nitrogens with two attached hydrogens (primary N) is 1. The normalized spacial score (nSPS) is 14.6. The zero-order valence-corrected chi connectivity index (χ0v) is 16.3. The fourth-order valence-electron chi connectivity index (χ4n) is 3.48. The van der Waals surface area contributed by atoms with Gasteiger partial charge in [-0.15, -0.1) is 0 Å². The molecule has 0 radical (unpaired) electrons. The highest BCUT2D eigenvalue weighted by Crippen LogP contribution is 2.49. The third-order valence-corrected chi connectivity index (χ3v) is 5.48. The van der Waals surface area contributed by atoms with Crippen molar-refractivity contribution in [1.29, 1.82) is 0 Å². The van der Waals surface area contributed by atoms with Crippen LogP contribution in [0.2, 0.25) is 5.02 Å². The highest BCUT2D eigenvalue weighted by Gasteiger charge is 2.50. The Morgan fingerprint density at radius 2 is 2.07 bits per heavy atom. The molecule has 1 aromatic carbocycles. The van der Waals surface area contributed by atoms with Gasteiger partial charge in [-0.1, -0.05) is 35.9 Å². The Labute approximate surface area is 167 Å². The van der Waals surface area contributed by atoms with Gasteiger partial charge in [-0.2, -0.15) is 5.10 Å². The molecule has 2 heterocycles. The molecule has 0 saturated heterocycles. The van der Waals surface area contributed by atoms with Gasteiger partial charge in [-0.25, -0.2) is 9.97 Å². The second-order valence-corrected chi connectivity index (χ2v) is 7.53. The van der Waals surface area contributed by atoms with Crippen LogP contribution in [0.15, 0.2) is 42.9 Å². The molecular weight excluding hydrogens is 376 g/mol. The third kappa shape index (κ3) is 3.57. The lowest BCUT2D eigenvalue weighted by Gasteiger charge is -2.16. The first-order chi connectivity index (χ1) is 13.5. The standard InChI is InChI=1S/C20H21ClN6O/c1-27-12-14(10-24-27)25-19-23-11-16(21)17(26-19)7-6-13-4-2-3-5-15(13)20(8-9-20)18(22)28/h2-5,10-12H,6-9H2,1H3,(H2,22,28)(H,23,25,26). The molecule has 4 rings (SSSR count). The van der Waals surface area contributed by atoms with Crippen LogP contribution in [0.5, 0.6) is 0 Å². The lowest BCUT2D eigenvalue weighted by molar-refractivity contribution is -0.120. The van der Waals surface area contributed by atoms with Gasteiger partial charge in [0.2, 0.25) is 11.9 Å². The zero-order chi connectivity index (χ0) is 19.7. The van der Waals surface area contributed by atoms with Crippen molar-refractivity contribution < 1.29 is 4.79 Å². The molecule has 0 atom stereocenters. The van der Waals surface area contributed by atoms with Crippen LogP contribution in [0, 0.1) is 0 Å². The van der Waals surface area contributed by atoms with Gasteiger partial charge in [0.25, 0.3) is 0 Å². The number of hydrogen-bond donors (Lipinski definition) is 2. The topological polar surface area (TPSA) is 98.7 Å². The van der Waals surface area contributed by atoms with Crippen LogP contribution in [0.1, 0.15) is 29.7 Å². The second-order valence-electron chi connectivity index (χ2n) is 7.12. The van der Waals surface area contributed by atoms with Crippen molar-refractivity contribution in [2.45, 2.75) is 31.1 Å². The van der Waals surface area contributed by atoms with Crippen LogP contribution in [0.25, 0.3) is 0 Å². The Kier molecular flexibility index (Phi) is 4.77. The fraction of sp³-hybridized carbons (Fsp3) is 0.300. The van der Waals surface area contributed by atoms with E-state index in [1.807, 2.05) is 37.5 Å². The van der Waals surface area contributed by atoms with Crippen molar-refractivity contribution >= 4 is 29.1 Å². The van der Waals surface area contributed by atoms with Gasteiger partial charge in [0, 0.05) is 13.2 Å². The molecule has 0 unspecified atom stereocenters. The number of benzene rings is 1. The van der Waals surface area contributed by atoms with E-state index in [0.717, 1.165) is 35.3 Å². The molecule has 8 heteroatoms. The summed E-state index contributed by atoms with van der Waals surface area (Å²) in [6.07, 6.45) is 8.11. The lowest BCUT2D eigenvalue weighted by atomic mass is 9.88. The Balaban J connectivity index is 1.53. The van der Waals surface area contributed by atoms with E-state index in [4.69, 9.17) is 17.3 Å². The van der Waals surface area contributed by atoms with Crippen molar-refractivity contribution in [3.63, 3.8) is 0 Å². The highest BCUT2D eigenvalue weighted by atomic mass is 35.5. The first-order valence-electron chi connectivity index (χ1n) is 9.13. The van der Waals surface area contributed by atoms with E-state index in [0.29, 0.717) is 23.8 Å². The maximum atomic E-state index is 11.9. The number of nitrogens with zero attached hydrogens (tertiary/aromatic N) is 4. The summed E-state index contributed by atoms with van der Waals surface area (Å²) in [5.74, 6) is 0.222. The predicted octanol–water partition coefficient (Wildman–Crippen LogP) is 2.91. The SMILES string of the molecule is Cn1cc(Nc2ncc(Cl)c(CCc3ccccc3C3(C(N)=O)CC3)n2)cn1. The molecule has 0 bridgehead atoms. The maximum absolute atomic E-state index is 11.9. The van der Waals surface area contributed by atoms with Gasteiger partial charge in [-0.3, -0.25) is 9.48 Å². The van der Waals surface area contributed by atoms with E-state index in [-0.39, 0.29) is 5.91 Å². The van der Waals surface area contributed by atoms with Gasteiger partial charge >= 0.3 is 0 Å². The molecule has 1 fully saturated rings. The number of rotatable bonds is 7. The van der Waals surface area contributed by atoms with Gasteiger partial charge in [0.05, 0.1) is 34.2 Å². The second kappa shape index (κ2) is 7.24. The summed E-state index contributed by atoms with van der Waals surface area (Å²) in [7, 11) is 1.84. The number of anilines is 2. The van der Waals surface area contributed by atoms with E-state index < -0.39 is 5.41 Å². The summed E-state index contributed by atoms with van der Waals surface area (Å²) in [5.41, 5.74) is 8.85. The third-order valence-electron chi connectivity index (χ3n) is 5.16. The van der Waals surface area contributed by atoms with Crippen LogP contribution in [0.4, 0.5) is 11.6 Å². The molecule has 2 aromatic heterocycles. The summed E-state index contributed by atoms with van der Waals surface area (Å²) < 4.78 is 1.70. The molecule has 1 amide bonds. The molecule has 0 aliphatic heterocycles. The van der Waals surface area contributed by atoms with E-state index in [9.17, 15) is 4.79 Å². The van der Waals surface area contributed by atoms with Crippen molar-refractivity contribution in [1.82, 2.24) is 19.7 Å². The molecule has 1 saturated carbocycles. The summed E-state index contributed by atoms with van der Waals surface area (Å²) in [6, 6.07) is 7.98. The van der Waals surface area contributed by atoms with E-state index in [2.05, 4.69) is 20.4 Å². The van der Waals surface area contributed by atoms with E-state index in [1.165, 1.54) is 0 Å². The molecule has 1 aliphatic carbocycles. The Morgan fingerprint density at radius 3 is 2.75 bits per heavy atom. The van der Waals surface area contributed by atoms with Crippen molar-refractivity contribution in [2.24, 2.45) is 12.8 Å². The average molecular weight is 397 g/mol. The summed E-state index contributed by atoms with van der Waals surface area (Å²) in [6.45, 7) is 0. The first kappa shape index (κ1) is 18.4. The van der Waals surface area contributed by atoms with Gasteiger partial charge in [-0.05, 0) is 36.8 Å². The number of carbonyl (C=O) groups is 1. The smallest absolute Gasteiger partial charge is 0.228 e. The molecule has 0 spiro atoms. The van der Waals surface area contributed by atoms with Gasteiger partial charge < -0.3 is 11.1 Å². The number of nitrogens with one attached hydrogen (secondary N) is 1. The van der Waals surface area contributed by atoms with Crippen LogP contribution < -0.4 is 11.1 Å². The van der Waals surface area contributed by atoms with Crippen LogP contribution in [-0.2, 0) is 30.1 Å². The predicted molar refractivity (Wildman–Crippen MR) is 107 cm³/mol. The summed E-state index contributed by atoms with van der Waals surface area (Å²) in [5, 5.41) is 7.76. The van der Waals surface area contributed by atoms with Gasteiger partial charge in [0.15, 0.2) is 0 Å². The van der Waals surface area contributed by atoms with Crippen molar-refractivity contribution in [3.05, 3.63) is 64.7 Å². The van der Waals surface area contributed by atoms with Crippen LogP contribution in [0.3, 0.4) is 0 Å². The van der Waals surface area contributed by atoms with E-state index in [1.54, 1.807) is 17.1 Å². The molecule has 3 N–H and O–H groups in total. The number of primary amides is 1. The Hall–Kier alpha value is -2.93. The number of aryl methyl sites for hydroxylation is 3. The fourth-order valence-corrected chi connectivity index (χ4v) is 3.67. The minimum Gasteiger partial charge on any atom is -0.369 e. The van der Waals surface area contributed by atoms with E-state index >= 15 is 0 Å². The number of halogens is 1. The van der Waals surface area contributed by atoms with Crippen molar-refractivity contribution in [3.8, 4) is 0 Å². The lowest BCUT2D eigenvalue weighted by Crippen LogP contribution is -2.29. The molecule has 3 aromatic rings. The molecular formula is C20H21ClN6O. The van der Waals surface area contributed by atoms with Gasteiger partial charge in [0.1, 0.15) is 0 Å².